The predicted octanol–water partition coefficient (Wildman–Crippen LogP) is 3.17. The van der Waals surface area contributed by atoms with E-state index in [9.17, 15) is 14.7 Å². The van der Waals surface area contributed by atoms with E-state index in [0.717, 1.165) is 18.4 Å². The minimum absolute atomic E-state index is 0.174. The van der Waals surface area contributed by atoms with Gasteiger partial charge in [-0.25, -0.2) is 0 Å². The van der Waals surface area contributed by atoms with Gasteiger partial charge in [-0.2, -0.15) is 0 Å². The molecule has 0 saturated heterocycles. The lowest BCUT2D eigenvalue weighted by atomic mass is 10.1. The largest absolute Gasteiger partial charge is 0.506 e. The van der Waals surface area contributed by atoms with Gasteiger partial charge in [0.25, 0.3) is 11.5 Å². The molecule has 3 aromatic rings. The molecular weight excluding hydrogens is 372 g/mol. The minimum atomic E-state index is -0.610. The van der Waals surface area contributed by atoms with Gasteiger partial charge >= 0.3 is 0 Å². The molecule has 1 amide bonds. The van der Waals surface area contributed by atoms with E-state index in [2.05, 4.69) is 5.32 Å². The number of hydrogen-bond donors (Lipinski definition) is 2. The molecule has 2 aromatic carbocycles. The molecule has 0 bridgehead atoms. The second-order valence-electron chi connectivity index (χ2n) is 6.92. The van der Waals surface area contributed by atoms with Crippen molar-refractivity contribution < 1.29 is 19.4 Å². The SMILES string of the molecule is CCCCn1c(=O)c(C(=O)NCc2ccc3c(c2)OCO3)c(O)c2ccccc21. The summed E-state index contributed by atoms with van der Waals surface area (Å²) in [5, 5.41) is 13.9. The summed E-state index contributed by atoms with van der Waals surface area (Å²) in [6.45, 7) is 2.88. The van der Waals surface area contributed by atoms with Crippen LogP contribution in [0.25, 0.3) is 10.9 Å². The summed E-state index contributed by atoms with van der Waals surface area (Å²) in [7, 11) is 0. The Morgan fingerprint density at radius 3 is 2.79 bits per heavy atom. The number of nitrogens with zero attached hydrogens (tertiary/aromatic N) is 1. The van der Waals surface area contributed by atoms with Gasteiger partial charge < -0.3 is 24.5 Å². The highest BCUT2D eigenvalue weighted by atomic mass is 16.7. The van der Waals surface area contributed by atoms with Gasteiger partial charge in [0.15, 0.2) is 11.5 Å². The van der Waals surface area contributed by atoms with E-state index >= 15 is 0 Å². The van der Waals surface area contributed by atoms with Crippen LogP contribution in [0.1, 0.15) is 35.7 Å². The Labute approximate surface area is 167 Å². The molecule has 29 heavy (non-hydrogen) atoms. The first-order chi connectivity index (χ1) is 14.1. The molecule has 0 spiro atoms. The van der Waals surface area contributed by atoms with Crippen molar-refractivity contribution in [3.8, 4) is 17.2 Å². The number of para-hydroxylation sites is 1. The lowest BCUT2D eigenvalue weighted by Gasteiger charge is -2.15. The number of carbonyl (C=O) groups is 1. The fourth-order valence-corrected chi connectivity index (χ4v) is 3.45. The van der Waals surface area contributed by atoms with Crippen LogP contribution in [-0.4, -0.2) is 22.4 Å². The van der Waals surface area contributed by atoms with Crippen molar-refractivity contribution in [2.24, 2.45) is 0 Å². The zero-order chi connectivity index (χ0) is 20.4. The van der Waals surface area contributed by atoms with E-state index in [0.29, 0.717) is 28.9 Å². The number of carbonyl (C=O) groups excluding carboxylic acids is 1. The van der Waals surface area contributed by atoms with Crippen molar-refractivity contribution in [3.05, 3.63) is 63.9 Å². The molecule has 1 aliphatic heterocycles. The van der Waals surface area contributed by atoms with Crippen molar-refractivity contribution >= 4 is 16.8 Å². The number of hydrogen-bond acceptors (Lipinski definition) is 5. The number of aryl methyl sites for hydroxylation is 1. The van der Waals surface area contributed by atoms with Crippen LogP contribution >= 0.6 is 0 Å². The average molecular weight is 394 g/mol. The Bertz CT molecular complexity index is 1140. The summed E-state index contributed by atoms with van der Waals surface area (Å²) in [4.78, 5) is 25.8. The maximum Gasteiger partial charge on any atom is 0.267 e. The second-order valence-corrected chi connectivity index (χ2v) is 6.92. The molecule has 7 heteroatoms. The third kappa shape index (κ3) is 3.51. The van der Waals surface area contributed by atoms with Crippen LogP contribution < -0.4 is 20.3 Å². The molecule has 2 heterocycles. The number of aromatic nitrogens is 1. The molecule has 1 aliphatic rings. The Balaban J connectivity index is 1.65. The summed E-state index contributed by atoms with van der Waals surface area (Å²) in [6.07, 6.45) is 1.71. The zero-order valence-electron chi connectivity index (χ0n) is 16.1. The summed E-state index contributed by atoms with van der Waals surface area (Å²) < 4.78 is 12.2. The minimum Gasteiger partial charge on any atom is -0.506 e. The number of rotatable bonds is 6. The van der Waals surface area contributed by atoms with Crippen LogP contribution in [0, 0.1) is 0 Å². The van der Waals surface area contributed by atoms with E-state index < -0.39 is 11.5 Å². The number of benzene rings is 2. The molecule has 2 N–H and O–H groups in total. The molecule has 7 nitrogen and oxygen atoms in total. The van der Waals surface area contributed by atoms with E-state index in [4.69, 9.17) is 9.47 Å². The summed E-state index contributed by atoms with van der Waals surface area (Å²) >= 11 is 0. The topological polar surface area (TPSA) is 89.8 Å². The quantitative estimate of drug-likeness (QED) is 0.670. The van der Waals surface area contributed by atoms with Gasteiger partial charge in [0.05, 0.1) is 5.52 Å². The predicted molar refractivity (Wildman–Crippen MR) is 109 cm³/mol. The van der Waals surface area contributed by atoms with Crippen LogP contribution in [-0.2, 0) is 13.1 Å². The van der Waals surface area contributed by atoms with Crippen LogP contribution in [0.2, 0.25) is 0 Å². The monoisotopic (exact) mass is 394 g/mol. The number of amides is 1. The van der Waals surface area contributed by atoms with E-state index in [1.807, 2.05) is 19.1 Å². The van der Waals surface area contributed by atoms with Gasteiger partial charge in [-0.05, 0) is 36.2 Å². The number of aromatic hydroxyl groups is 1. The number of ether oxygens (including phenoxy) is 2. The number of fused-ring (bicyclic) bond motifs is 2. The second kappa shape index (κ2) is 7.87. The first kappa shape index (κ1) is 18.9. The van der Waals surface area contributed by atoms with Crippen LogP contribution in [0.15, 0.2) is 47.3 Å². The van der Waals surface area contributed by atoms with Crippen molar-refractivity contribution in [1.29, 1.82) is 0 Å². The highest BCUT2D eigenvalue weighted by Crippen LogP contribution is 2.32. The summed E-state index contributed by atoms with van der Waals surface area (Å²) in [6, 6.07) is 12.4. The van der Waals surface area contributed by atoms with Gasteiger partial charge in [-0.1, -0.05) is 31.5 Å². The number of nitrogens with one attached hydrogen (secondary N) is 1. The van der Waals surface area contributed by atoms with Crippen LogP contribution in [0.5, 0.6) is 17.2 Å². The Morgan fingerprint density at radius 2 is 1.97 bits per heavy atom. The Kier molecular flexibility index (Phi) is 5.12. The Morgan fingerprint density at radius 1 is 1.17 bits per heavy atom. The molecular formula is C22H22N2O5. The van der Waals surface area contributed by atoms with E-state index in [1.54, 1.807) is 34.9 Å². The standard InChI is InChI=1S/C22H22N2O5/c1-2-3-10-24-16-7-5-4-6-15(16)20(25)19(22(24)27)21(26)23-12-14-8-9-17-18(11-14)29-13-28-17/h4-9,11,25H,2-3,10,12-13H2,1H3,(H,23,26). The summed E-state index contributed by atoms with van der Waals surface area (Å²) in [5.74, 6) is 0.376. The van der Waals surface area contributed by atoms with Gasteiger partial charge in [-0.15, -0.1) is 0 Å². The van der Waals surface area contributed by atoms with Gasteiger partial charge in [0, 0.05) is 18.5 Å². The van der Waals surface area contributed by atoms with Crippen LogP contribution in [0.3, 0.4) is 0 Å². The smallest absolute Gasteiger partial charge is 0.267 e. The molecule has 0 radical (unpaired) electrons. The first-order valence-electron chi connectivity index (χ1n) is 9.61. The molecule has 150 valence electrons. The number of unbranched alkanes of at least 4 members (excludes halogenated alkanes) is 1. The lowest BCUT2D eigenvalue weighted by molar-refractivity contribution is 0.0946. The van der Waals surface area contributed by atoms with Crippen LogP contribution in [0.4, 0.5) is 0 Å². The average Bonchev–Trinajstić information content (AvgIpc) is 3.20. The van der Waals surface area contributed by atoms with E-state index in [-0.39, 0.29) is 24.7 Å². The highest BCUT2D eigenvalue weighted by molar-refractivity contribution is 6.02. The van der Waals surface area contributed by atoms with Crippen molar-refractivity contribution in [3.63, 3.8) is 0 Å². The maximum absolute atomic E-state index is 13.0. The molecule has 0 saturated carbocycles. The fraction of sp³-hybridized carbons (Fsp3) is 0.273. The molecule has 4 rings (SSSR count). The van der Waals surface area contributed by atoms with Gasteiger partial charge in [0.2, 0.25) is 6.79 Å². The normalized spacial score (nSPS) is 12.3. The zero-order valence-corrected chi connectivity index (χ0v) is 16.1. The maximum atomic E-state index is 13.0. The first-order valence-corrected chi connectivity index (χ1v) is 9.61. The van der Waals surface area contributed by atoms with Crippen molar-refractivity contribution in [2.45, 2.75) is 32.9 Å². The lowest BCUT2D eigenvalue weighted by Crippen LogP contribution is -2.33. The fourth-order valence-electron chi connectivity index (χ4n) is 3.45. The Hall–Kier alpha value is -3.48. The highest BCUT2D eigenvalue weighted by Gasteiger charge is 2.22. The summed E-state index contributed by atoms with van der Waals surface area (Å²) in [5.41, 5.74) is 0.698. The third-order valence-corrected chi connectivity index (χ3v) is 5.00. The van der Waals surface area contributed by atoms with Gasteiger partial charge in [-0.3, -0.25) is 9.59 Å². The molecule has 0 aliphatic carbocycles. The molecule has 0 fully saturated rings. The molecule has 0 unspecified atom stereocenters. The molecule has 0 atom stereocenters. The molecule has 1 aromatic heterocycles. The van der Waals surface area contributed by atoms with Gasteiger partial charge in [0.1, 0.15) is 11.3 Å². The number of pyridine rings is 1. The van der Waals surface area contributed by atoms with E-state index in [1.165, 1.54) is 0 Å². The third-order valence-electron chi connectivity index (χ3n) is 5.00. The van der Waals surface area contributed by atoms with Crippen molar-refractivity contribution in [2.75, 3.05) is 6.79 Å². The van der Waals surface area contributed by atoms with Crippen molar-refractivity contribution in [1.82, 2.24) is 9.88 Å².